The predicted octanol–water partition coefficient (Wildman–Crippen LogP) is 1.05. The van der Waals surface area contributed by atoms with E-state index in [0.29, 0.717) is 17.0 Å². The van der Waals surface area contributed by atoms with Crippen molar-refractivity contribution < 1.29 is 4.79 Å². The van der Waals surface area contributed by atoms with Crippen molar-refractivity contribution in [2.45, 2.75) is 62.4 Å². The van der Waals surface area contributed by atoms with Gasteiger partial charge in [-0.05, 0) is 19.8 Å². The van der Waals surface area contributed by atoms with Gasteiger partial charge in [-0.2, -0.15) is 0 Å². The molecule has 1 amide bonds. The van der Waals surface area contributed by atoms with Crippen LogP contribution < -0.4 is 11.2 Å². The Morgan fingerprint density at radius 2 is 2.11 bits per heavy atom. The molecule has 3 N–H and O–H groups in total. The summed E-state index contributed by atoms with van der Waals surface area (Å²) in [5.41, 5.74) is -0.167. The fourth-order valence-corrected chi connectivity index (χ4v) is 2.41. The SMILES string of the molecule is CC(Sc1nnc(C(C)(C)C)n1N)C(=O)NC1CC1. The van der Waals surface area contributed by atoms with E-state index in [2.05, 4.69) is 15.5 Å². The molecule has 0 spiro atoms. The van der Waals surface area contributed by atoms with Crippen LogP contribution in [0.1, 0.15) is 46.4 Å². The maximum Gasteiger partial charge on any atom is 0.233 e. The molecule has 1 aromatic rings. The molecule has 0 radical (unpaired) electrons. The molecule has 1 fully saturated rings. The Kier molecular flexibility index (Phi) is 3.75. The maximum atomic E-state index is 11.9. The number of carbonyl (C=O) groups excluding carboxylic acids is 1. The highest BCUT2D eigenvalue weighted by Crippen LogP contribution is 2.26. The van der Waals surface area contributed by atoms with E-state index < -0.39 is 0 Å². The van der Waals surface area contributed by atoms with Crippen LogP contribution in [0.3, 0.4) is 0 Å². The van der Waals surface area contributed by atoms with Crippen LogP contribution in [-0.4, -0.2) is 32.1 Å². The second kappa shape index (κ2) is 5.03. The van der Waals surface area contributed by atoms with Gasteiger partial charge in [0.05, 0.1) is 5.25 Å². The predicted molar refractivity (Wildman–Crippen MR) is 75.4 cm³/mol. The van der Waals surface area contributed by atoms with Gasteiger partial charge in [0, 0.05) is 11.5 Å². The minimum atomic E-state index is -0.222. The second-order valence-corrected chi connectivity index (χ2v) is 7.28. The standard InChI is InChI=1S/C12H21N5OS/c1-7(9(18)14-8-5-6-8)19-11-16-15-10(17(11)13)12(2,3)4/h7-8H,5-6,13H2,1-4H3,(H,14,18). The van der Waals surface area contributed by atoms with E-state index in [-0.39, 0.29) is 16.6 Å². The summed E-state index contributed by atoms with van der Waals surface area (Å²) >= 11 is 1.34. The van der Waals surface area contributed by atoms with Crippen LogP contribution in [-0.2, 0) is 10.2 Å². The normalized spacial score (nSPS) is 17.3. The van der Waals surface area contributed by atoms with Crippen LogP contribution >= 0.6 is 11.8 Å². The fourth-order valence-electron chi connectivity index (χ4n) is 1.63. The lowest BCUT2D eigenvalue weighted by Crippen LogP contribution is -2.33. The zero-order chi connectivity index (χ0) is 14.2. The molecule has 2 rings (SSSR count). The van der Waals surface area contributed by atoms with Crippen LogP contribution in [0.25, 0.3) is 0 Å². The smallest absolute Gasteiger partial charge is 0.233 e. The molecule has 6 nitrogen and oxygen atoms in total. The molecule has 0 aliphatic heterocycles. The van der Waals surface area contributed by atoms with Crippen molar-refractivity contribution in [2.75, 3.05) is 5.84 Å². The molecule has 106 valence electrons. The Labute approximate surface area is 117 Å². The van der Waals surface area contributed by atoms with Gasteiger partial charge in [-0.25, -0.2) is 4.68 Å². The average molecular weight is 283 g/mol. The van der Waals surface area contributed by atoms with Gasteiger partial charge in [-0.3, -0.25) is 4.79 Å². The van der Waals surface area contributed by atoms with Gasteiger partial charge in [0.1, 0.15) is 0 Å². The third-order valence-corrected chi connectivity index (χ3v) is 3.97. The molecule has 1 heterocycles. The fraction of sp³-hybridized carbons (Fsp3) is 0.750. The summed E-state index contributed by atoms with van der Waals surface area (Å²) in [4.78, 5) is 11.9. The summed E-state index contributed by atoms with van der Waals surface area (Å²) in [7, 11) is 0. The van der Waals surface area contributed by atoms with E-state index in [4.69, 9.17) is 5.84 Å². The van der Waals surface area contributed by atoms with Crippen molar-refractivity contribution >= 4 is 17.7 Å². The second-order valence-electron chi connectivity index (χ2n) is 5.97. The van der Waals surface area contributed by atoms with Gasteiger partial charge in [0.15, 0.2) is 5.82 Å². The molecule has 1 unspecified atom stereocenters. The monoisotopic (exact) mass is 283 g/mol. The molecule has 19 heavy (non-hydrogen) atoms. The van der Waals surface area contributed by atoms with Crippen molar-refractivity contribution in [3.05, 3.63) is 5.82 Å². The minimum Gasteiger partial charge on any atom is -0.352 e. The zero-order valence-electron chi connectivity index (χ0n) is 11.8. The van der Waals surface area contributed by atoms with E-state index in [0.717, 1.165) is 12.8 Å². The number of nitrogens with zero attached hydrogens (tertiary/aromatic N) is 3. The Hall–Kier alpha value is -1.24. The number of nitrogens with two attached hydrogens (primary N) is 1. The zero-order valence-corrected chi connectivity index (χ0v) is 12.6. The highest BCUT2D eigenvalue weighted by molar-refractivity contribution is 8.00. The van der Waals surface area contributed by atoms with E-state index in [1.54, 1.807) is 0 Å². The van der Waals surface area contributed by atoms with Gasteiger partial charge < -0.3 is 11.2 Å². The van der Waals surface area contributed by atoms with Gasteiger partial charge in [0.25, 0.3) is 0 Å². The number of rotatable bonds is 4. The highest BCUT2D eigenvalue weighted by Gasteiger charge is 2.28. The van der Waals surface area contributed by atoms with Gasteiger partial charge in [-0.1, -0.05) is 32.5 Å². The molecule has 1 aromatic heterocycles. The third kappa shape index (κ3) is 3.40. The third-order valence-electron chi connectivity index (χ3n) is 2.91. The summed E-state index contributed by atoms with van der Waals surface area (Å²) in [6.07, 6.45) is 2.18. The first-order chi connectivity index (χ1) is 8.79. The van der Waals surface area contributed by atoms with Gasteiger partial charge >= 0.3 is 0 Å². The largest absolute Gasteiger partial charge is 0.352 e. The Bertz CT molecular complexity index is 475. The molecule has 1 aliphatic rings. The summed E-state index contributed by atoms with van der Waals surface area (Å²) in [5.74, 6) is 6.74. The van der Waals surface area contributed by atoms with Crippen LogP contribution in [0, 0.1) is 0 Å². The van der Waals surface area contributed by atoms with Crippen molar-refractivity contribution in [1.29, 1.82) is 0 Å². The number of amides is 1. The van der Waals surface area contributed by atoms with E-state index in [1.807, 2.05) is 27.7 Å². The lowest BCUT2D eigenvalue weighted by Gasteiger charge is -2.17. The number of nitrogen functional groups attached to an aromatic ring is 1. The molecule has 1 aliphatic carbocycles. The first-order valence-corrected chi connectivity index (χ1v) is 7.35. The lowest BCUT2D eigenvalue weighted by atomic mass is 9.96. The van der Waals surface area contributed by atoms with E-state index in [9.17, 15) is 4.79 Å². The van der Waals surface area contributed by atoms with Crippen LogP contribution in [0.2, 0.25) is 0 Å². The summed E-state index contributed by atoms with van der Waals surface area (Å²) in [6.45, 7) is 7.93. The molecule has 0 bridgehead atoms. The number of nitrogens with one attached hydrogen (secondary N) is 1. The van der Waals surface area contributed by atoms with E-state index in [1.165, 1.54) is 16.4 Å². The van der Waals surface area contributed by atoms with Crippen LogP contribution in [0.4, 0.5) is 0 Å². The molecule has 1 saturated carbocycles. The number of hydrogen-bond donors (Lipinski definition) is 2. The number of carbonyl (C=O) groups is 1. The summed E-state index contributed by atoms with van der Waals surface area (Å²) < 4.78 is 1.48. The van der Waals surface area contributed by atoms with Gasteiger partial charge in [-0.15, -0.1) is 10.2 Å². The molecular formula is C12H21N5OS. The van der Waals surface area contributed by atoms with Crippen LogP contribution in [0.5, 0.6) is 0 Å². The molecular weight excluding hydrogens is 262 g/mol. The Morgan fingerprint density at radius 3 is 2.58 bits per heavy atom. The van der Waals surface area contributed by atoms with Crippen LogP contribution in [0.15, 0.2) is 5.16 Å². The topological polar surface area (TPSA) is 85.8 Å². The van der Waals surface area contributed by atoms with Crippen molar-refractivity contribution in [1.82, 2.24) is 20.2 Å². The van der Waals surface area contributed by atoms with Crippen molar-refractivity contribution in [3.63, 3.8) is 0 Å². The number of hydrogen-bond acceptors (Lipinski definition) is 5. The highest BCUT2D eigenvalue weighted by atomic mass is 32.2. The average Bonchev–Trinajstić information content (AvgIpc) is 3.02. The minimum absolute atomic E-state index is 0.0350. The Morgan fingerprint density at radius 1 is 1.47 bits per heavy atom. The molecule has 0 saturated heterocycles. The number of thioether (sulfide) groups is 1. The molecule has 7 heteroatoms. The molecule has 0 aromatic carbocycles. The van der Waals surface area contributed by atoms with Gasteiger partial charge in [0.2, 0.25) is 11.1 Å². The quantitative estimate of drug-likeness (QED) is 0.637. The Balaban J connectivity index is 2.02. The summed E-state index contributed by atoms with van der Waals surface area (Å²) in [5, 5.41) is 11.5. The molecule has 1 atom stereocenters. The first-order valence-electron chi connectivity index (χ1n) is 6.47. The maximum absolute atomic E-state index is 11.9. The van der Waals surface area contributed by atoms with Crippen molar-refractivity contribution in [2.24, 2.45) is 0 Å². The van der Waals surface area contributed by atoms with Crippen molar-refractivity contribution in [3.8, 4) is 0 Å². The lowest BCUT2D eigenvalue weighted by molar-refractivity contribution is -0.120. The first kappa shape index (κ1) is 14.2. The number of aromatic nitrogens is 3. The van der Waals surface area contributed by atoms with E-state index >= 15 is 0 Å². The summed E-state index contributed by atoms with van der Waals surface area (Å²) in [6, 6.07) is 0.372.